The predicted octanol–water partition coefficient (Wildman–Crippen LogP) is -0.700. The summed E-state index contributed by atoms with van der Waals surface area (Å²) >= 11 is 0. The van der Waals surface area contributed by atoms with E-state index in [-0.39, 0.29) is 24.3 Å². The van der Waals surface area contributed by atoms with E-state index in [1.54, 1.807) is 42.7 Å². The molecule has 1 N–H and O–H groups in total. The molecule has 0 aliphatic carbocycles. The summed E-state index contributed by atoms with van der Waals surface area (Å²) in [5.41, 5.74) is 0.850. The highest BCUT2D eigenvalue weighted by Crippen LogP contribution is 2.23. The number of imide groups is 1. The van der Waals surface area contributed by atoms with E-state index in [0.29, 0.717) is 17.2 Å². The van der Waals surface area contributed by atoms with Crippen molar-refractivity contribution in [3.05, 3.63) is 48.3 Å². The third-order valence-electron chi connectivity index (χ3n) is 5.43. The average molecular weight is 396 g/mol. The van der Waals surface area contributed by atoms with Crippen LogP contribution in [0.3, 0.4) is 0 Å². The molecule has 2 aliphatic rings. The quantitative estimate of drug-likeness (QED) is 0.539. The highest BCUT2D eigenvalue weighted by Gasteiger charge is 2.46. The van der Waals surface area contributed by atoms with E-state index >= 15 is 0 Å². The first-order valence-electron chi connectivity index (χ1n) is 9.50. The Morgan fingerprint density at radius 2 is 1.76 bits per heavy atom. The maximum Gasteiger partial charge on any atom is 0.337 e. The van der Waals surface area contributed by atoms with Crippen molar-refractivity contribution < 1.29 is 24.0 Å². The first kappa shape index (κ1) is 19.0. The minimum absolute atomic E-state index is 0.189. The van der Waals surface area contributed by atoms with Crippen LogP contribution in [0.25, 0.3) is 0 Å². The molecule has 4 rings (SSSR count). The van der Waals surface area contributed by atoms with Crippen LogP contribution in [0.2, 0.25) is 0 Å². The van der Waals surface area contributed by atoms with E-state index in [9.17, 15) is 14.4 Å². The van der Waals surface area contributed by atoms with Gasteiger partial charge in [-0.25, -0.2) is 19.7 Å². The average Bonchev–Trinajstić information content (AvgIpc) is 3.08. The third-order valence-corrected chi connectivity index (χ3v) is 5.43. The van der Waals surface area contributed by atoms with Crippen LogP contribution in [0.15, 0.2) is 42.7 Å². The summed E-state index contributed by atoms with van der Waals surface area (Å²) in [7, 11) is 1.31. The third kappa shape index (κ3) is 3.68. The summed E-state index contributed by atoms with van der Waals surface area (Å²) in [6.45, 7) is 2.92. The predicted molar refractivity (Wildman–Crippen MR) is 104 cm³/mol. The van der Waals surface area contributed by atoms with Gasteiger partial charge in [-0.05, 0) is 30.3 Å². The van der Waals surface area contributed by atoms with Crippen LogP contribution in [0.5, 0.6) is 0 Å². The Morgan fingerprint density at radius 1 is 1.10 bits per heavy atom. The molecule has 1 aromatic heterocycles. The van der Waals surface area contributed by atoms with Crippen molar-refractivity contribution in [2.24, 2.45) is 0 Å². The van der Waals surface area contributed by atoms with E-state index < -0.39 is 5.97 Å². The lowest BCUT2D eigenvalue weighted by Gasteiger charge is -2.34. The molecule has 29 heavy (non-hydrogen) atoms. The molecular formula is C20H22N5O4+. The zero-order chi connectivity index (χ0) is 20.4. The Balaban J connectivity index is 1.43. The lowest BCUT2D eigenvalue weighted by atomic mass is 10.1. The van der Waals surface area contributed by atoms with Gasteiger partial charge in [0.1, 0.15) is 0 Å². The van der Waals surface area contributed by atoms with Crippen molar-refractivity contribution in [3.63, 3.8) is 0 Å². The van der Waals surface area contributed by atoms with Crippen molar-refractivity contribution in [1.29, 1.82) is 0 Å². The number of rotatable bonds is 4. The second-order valence-corrected chi connectivity index (χ2v) is 7.06. The van der Waals surface area contributed by atoms with Crippen molar-refractivity contribution in [1.82, 2.24) is 9.97 Å². The van der Waals surface area contributed by atoms with Gasteiger partial charge in [-0.2, -0.15) is 0 Å². The normalized spacial score (nSPS) is 20.2. The summed E-state index contributed by atoms with van der Waals surface area (Å²) in [5, 5.41) is 0. The molecule has 2 fully saturated rings. The van der Waals surface area contributed by atoms with Gasteiger partial charge in [-0.3, -0.25) is 9.59 Å². The fourth-order valence-corrected chi connectivity index (χ4v) is 3.88. The van der Waals surface area contributed by atoms with Gasteiger partial charge in [0.2, 0.25) is 11.9 Å². The van der Waals surface area contributed by atoms with Crippen molar-refractivity contribution in [2.45, 2.75) is 12.5 Å². The summed E-state index contributed by atoms with van der Waals surface area (Å²) in [5.74, 6) is -0.182. The molecule has 9 nitrogen and oxygen atoms in total. The van der Waals surface area contributed by atoms with Crippen LogP contribution in [-0.2, 0) is 14.3 Å². The van der Waals surface area contributed by atoms with Crippen LogP contribution in [0, 0.1) is 0 Å². The lowest BCUT2D eigenvalue weighted by molar-refractivity contribution is -0.915. The lowest BCUT2D eigenvalue weighted by Crippen LogP contribution is -3.19. The first-order chi connectivity index (χ1) is 14.1. The van der Waals surface area contributed by atoms with Crippen molar-refractivity contribution in [3.8, 4) is 0 Å². The number of quaternary nitrogens is 1. The molecule has 3 heterocycles. The monoisotopic (exact) mass is 396 g/mol. The van der Waals surface area contributed by atoms with E-state index in [4.69, 9.17) is 0 Å². The number of methoxy groups -OCH3 is 1. The second-order valence-electron chi connectivity index (χ2n) is 7.06. The van der Waals surface area contributed by atoms with Gasteiger partial charge in [0, 0.05) is 12.4 Å². The molecule has 0 bridgehead atoms. The topological polar surface area (TPSA) is 97.1 Å². The molecule has 1 atom stereocenters. The molecule has 150 valence electrons. The molecule has 1 aromatic carbocycles. The van der Waals surface area contributed by atoms with Crippen LogP contribution < -0.4 is 14.7 Å². The molecule has 2 saturated heterocycles. The minimum Gasteiger partial charge on any atom is -0.465 e. The Kier molecular flexibility index (Phi) is 5.22. The van der Waals surface area contributed by atoms with Gasteiger partial charge in [0.25, 0.3) is 5.91 Å². The van der Waals surface area contributed by atoms with E-state index in [2.05, 4.69) is 19.6 Å². The molecule has 9 heteroatoms. The number of nitrogens with one attached hydrogen (secondary N) is 1. The van der Waals surface area contributed by atoms with E-state index in [1.165, 1.54) is 12.0 Å². The Morgan fingerprint density at radius 3 is 2.38 bits per heavy atom. The first-order valence-corrected chi connectivity index (χ1v) is 9.50. The van der Waals surface area contributed by atoms with Gasteiger partial charge in [0.05, 0.1) is 51.0 Å². The van der Waals surface area contributed by atoms with Gasteiger partial charge in [-0.15, -0.1) is 0 Å². The molecule has 2 aromatic rings. The van der Waals surface area contributed by atoms with Gasteiger partial charge < -0.3 is 14.5 Å². The molecule has 0 saturated carbocycles. The number of benzene rings is 1. The van der Waals surface area contributed by atoms with Crippen LogP contribution in [0.4, 0.5) is 11.6 Å². The highest BCUT2D eigenvalue weighted by atomic mass is 16.5. The number of carbonyl (C=O) groups excluding carboxylic acids is 3. The molecule has 0 radical (unpaired) electrons. The minimum atomic E-state index is -0.460. The number of hydrogen-bond acceptors (Lipinski definition) is 7. The zero-order valence-corrected chi connectivity index (χ0v) is 16.1. The van der Waals surface area contributed by atoms with Crippen LogP contribution >= 0.6 is 0 Å². The number of esters is 1. The number of amides is 2. The molecule has 2 aliphatic heterocycles. The summed E-state index contributed by atoms with van der Waals surface area (Å²) in [6, 6.07) is 7.71. The number of hydrogen-bond donors (Lipinski definition) is 1. The Bertz CT molecular complexity index is 910. The number of ether oxygens (including phenoxy) is 1. The molecular weight excluding hydrogens is 374 g/mol. The van der Waals surface area contributed by atoms with E-state index in [0.717, 1.165) is 31.1 Å². The number of aromatic nitrogens is 2. The summed E-state index contributed by atoms with van der Waals surface area (Å²) < 4.78 is 4.68. The second kappa shape index (κ2) is 7.96. The highest BCUT2D eigenvalue weighted by molar-refractivity contribution is 6.22. The fourth-order valence-electron chi connectivity index (χ4n) is 3.88. The number of piperazine rings is 1. The maximum absolute atomic E-state index is 13.0. The fraction of sp³-hybridized carbons (Fsp3) is 0.350. The smallest absolute Gasteiger partial charge is 0.337 e. The van der Waals surface area contributed by atoms with E-state index in [1.807, 2.05) is 0 Å². The standard InChI is InChI=1S/C20H21N5O4/c1-29-19(28)14-3-5-15(6-4-14)25-17(26)13-16(18(25)27)23-9-11-24(12-10-23)20-21-7-2-8-22-20/h2-8,16H,9-13H2,1H3/p+1/t16-/m0/s1. The number of anilines is 2. The van der Waals surface area contributed by atoms with Crippen LogP contribution in [-0.4, -0.2) is 67.1 Å². The molecule has 0 unspecified atom stereocenters. The van der Waals surface area contributed by atoms with Gasteiger partial charge in [-0.1, -0.05) is 0 Å². The van der Waals surface area contributed by atoms with Gasteiger partial charge >= 0.3 is 5.97 Å². The SMILES string of the molecule is COC(=O)c1ccc(N2C(=O)C[C@H]([NH+]3CCN(c4ncccn4)CC3)C2=O)cc1. The Labute approximate surface area is 167 Å². The Hall–Kier alpha value is -3.33. The van der Waals surface area contributed by atoms with Crippen molar-refractivity contribution in [2.75, 3.05) is 43.1 Å². The molecule has 0 spiro atoms. The molecule has 2 amide bonds. The largest absolute Gasteiger partial charge is 0.465 e. The maximum atomic E-state index is 13.0. The van der Waals surface area contributed by atoms with Gasteiger partial charge in [0.15, 0.2) is 6.04 Å². The van der Waals surface area contributed by atoms with Crippen LogP contribution in [0.1, 0.15) is 16.8 Å². The zero-order valence-electron chi connectivity index (χ0n) is 16.1. The summed E-state index contributed by atoms with van der Waals surface area (Å²) in [4.78, 5) is 50.1. The summed E-state index contributed by atoms with van der Waals surface area (Å²) in [6.07, 6.45) is 3.61. The number of nitrogens with zero attached hydrogens (tertiary/aromatic N) is 4. The van der Waals surface area contributed by atoms with Crippen molar-refractivity contribution >= 4 is 29.4 Å². The number of carbonyl (C=O) groups is 3.